The van der Waals surface area contributed by atoms with Gasteiger partial charge in [0.2, 0.25) is 5.91 Å². The summed E-state index contributed by atoms with van der Waals surface area (Å²) >= 11 is 0. The van der Waals surface area contributed by atoms with E-state index in [4.69, 9.17) is 4.74 Å². The lowest BCUT2D eigenvalue weighted by atomic mass is 9.81. The number of ether oxygens (including phenoxy) is 1. The van der Waals surface area contributed by atoms with Crippen LogP contribution in [0.1, 0.15) is 23.1 Å². The van der Waals surface area contributed by atoms with Gasteiger partial charge in [-0.1, -0.05) is 60.7 Å². The second kappa shape index (κ2) is 7.62. The van der Waals surface area contributed by atoms with Crippen LogP contribution in [0.2, 0.25) is 0 Å². The van der Waals surface area contributed by atoms with Crippen LogP contribution < -0.4 is 9.64 Å². The quantitative estimate of drug-likeness (QED) is 0.639. The first-order chi connectivity index (χ1) is 14.7. The molecule has 1 fully saturated rings. The number of fused-ring (bicyclic) bond motifs is 2. The van der Waals surface area contributed by atoms with E-state index in [9.17, 15) is 4.79 Å². The highest BCUT2D eigenvalue weighted by molar-refractivity contribution is 6.08. The van der Waals surface area contributed by atoms with Gasteiger partial charge in [0, 0.05) is 18.8 Å². The zero-order valence-electron chi connectivity index (χ0n) is 17.3. The third kappa shape index (κ3) is 3.17. The summed E-state index contributed by atoms with van der Waals surface area (Å²) in [7, 11) is 1.68. The predicted molar refractivity (Wildman–Crippen MR) is 119 cm³/mol. The number of carbonyl (C=O) groups is 1. The summed E-state index contributed by atoms with van der Waals surface area (Å²) in [6.07, 6.45) is 0.865. The molecule has 2 heterocycles. The molecule has 0 N–H and O–H groups in total. The lowest BCUT2D eigenvalue weighted by molar-refractivity contribution is -0.123. The van der Waals surface area contributed by atoms with Crippen LogP contribution in [0.4, 0.5) is 5.69 Å². The lowest BCUT2D eigenvalue weighted by Crippen LogP contribution is -2.42. The first-order valence-corrected chi connectivity index (χ1v) is 10.5. The molecule has 3 aromatic rings. The molecule has 0 aliphatic carbocycles. The molecule has 152 valence electrons. The average molecular weight is 399 g/mol. The van der Waals surface area contributed by atoms with Crippen LogP contribution in [0.3, 0.4) is 0 Å². The zero-order chi connectivity index (χ0) is 20.6. The van der Waals surface area contributed by atoms with E-state index in [1.807, 2.05) is 41.3 Å². The minimum atomic E-state index is -0.433. The van der Waals surface area contributed by atoms with Crippen LogP contribution in [0.25, 0.3) is 0 Å². The van der Waals surface area contributed by atoms with Crippen molar-refractivity contribution in [1.29, 1.82) is 0 Å². The fourth-order valence-corrected chi connectivity index (χ4v) is 4.93. The molecule has 1 saturated heterocycles. The predicted octanol–water partition coefficient (Wildman–Crippen LogP) is 4.39. The molecule has 1 unspecified atom stereocenters. The van der Waals surface area contributed by atoms with Crippen LogP contribution in [0.5, 0.6) is 5.75 Å². The second-order valence-corrected chi connectivity index (χ2v) is 8.28. The highest BCUT2D eigenvalue weighted by Crippen LogP contribution is 2.48. The molecule has 0 bridgehead atoms. The Kier molecular flexibility index (Phi) is 4.80. The van der Waals surface area contributed by atoms with Gasteiger partial charge in [-0.2, -0.15) is 0 Å². The Morgan fingerprint density at radius 2 is 1.57 bits per heavy atom. The largest absolute Gasteiger partial charge is 0.497 e. The van der Waals surface area contributed by atoms with Crippen molar-refractivity contribution in [3.63, 3.8) is 0 Å². The van der Waals surface area contributed by atoms with Gasteiger partial charge in [-0.15, -0.1) is 0 Å². The Labute approximate surface area is 177 Å². The van der Waals surface area contributed by atoms with E-state index in [1.165, 1.54) is 11.1 Å². The Bertz CT molecular complexity index is 1050. The molecule has 4 nitrogen and oxygen atoms in total. The van der Waals surface area contributed by atoms with Gasteiger partial charge >= 0.3 is 0 Å². The number of likely N-dealkylation sites (tertiary alicyclic amines) is 1. The van der Waals surface area contributed by atoms with E-state index in [-0.39, 0.29) is 5.91 Å². The average Bonchev–Trinajstić information content (AvgIpc) is 3.31. The molecule has 5 rings (SSSR count). The Hall–Kier alpha value is -3.11. The number of hydrogen-bond donors (Lipinski definition) is 0. The van der Waals surface area contributed by atoms with Gasteiger partial charge in [0.05, 0.1) is 19.1 Å². The maximum Gasteiger partial charge on any atom is 0.239 e. The van der Waals surface area contributed by atoms with E-state index < -0.39 is 5.41 Å². The van der Waals surface area contributed by atoms with Gasteiger partial charge in [0.25, 0.3) is 0 Å². The number of carbonyl (C=O) groups excluding carboxylic acids is 1. The summed E-state index contributed by atoms with van der Waals surface area (Å²) in [4.78, 5) is 18.1. The molecule has 3 aromatic carbocycles. The lowest BCUT2D eigenvalue weighted by Gasteiger charge is -2.25. The number of para-hydroxylation sites is 1. The van der Waals surface area contributed by atoms with Crippen LogP contribution in [-0.2, 0) is 23.3 Å². The van der Waals surface area contributed by atoms with Gasteiger partial charge in [0.15, 0.2) is 0 Å². The summed E-state index contributed by atoms with van der Waals surface area (Å²) in [5.41, 5.74) is 4.22. The Balaban J connectivity index is 1.40. The molecule has 0 aromatic heterocycles. The number of benzene rings is 3. The standard InChI is InChI=1S/C26H26N2O2/c1-30-22-13-11-21(12-14-22)17-27-16-15-26(19-27)23-9-5-6-10-24(23)28(25(26)29)18-20-7-3-2-4-8-20/h2-14H,15-19H2,1H3. The third-order valence-electron chi connectivity index (χ3n) is 6.46. The van der Waals surface area contributed by atoms with Crippen molar-refractivity contribution in [2.24, 2.45) is 0 Å². The van der Waals surface area contributed by atoms with Crippen molar-refractivity contribution < 1.29 is 9.53 Å². The van der Waals surface area contributed by atoms with Crippen LogP contribution >= 0.6 is 0 Å². The summed E-state index contributed by atoms with van der Waals surface area (Å²) in [6.45, 7) is 3.15. The van der Waals surface area contributed by atoms with Crippen molar-refractivity contribution in [1.82, 2.24) is 4.90 Å². The minimum absolute atomic E-state index is 0.241. The summed E-state index contributed by atoms with van der Waals surface area (Å²) in [5, 5.41) is 0. The van der Waals surface area contributed by atoms with Gasteiger partial charge in [-0.05, 0) is 47.9 Å². The van der Waals surface area contributed by atoms with Gasteiger partial charge in [-0.25, -0.2) is 0 Å². The first-order valence-electron chi connectivity index (χ1n) is 10.5. The number of anilines is 1. The maximum absolute atomic E-state index is 13.8. The maximum atomic E-state index is 13.8. The fourth-order valence-electron chi connectivity index (χ4n) is 4.93. The smallest absolute Gasteiger partial charge is 0.239 e. The normalized spacial score (nSPS) is 20.7. The van der Waals surface area contributed by atoms with Gasteiger partial charge in [0.1, 0.15) is 5.75 Å². The van der Waals surface area contributed by atoms with Crippen molar-refractivity contribution in [2.45, 2.75) is 24.9 Å². The highest BCUT2D eigenvalue weighted by atomic mass is 16.5. The molecule has 4 heteroatoms. The molecule has 2 aliphatic heterocycles. The van der Waals surface area contributed by atoms with E-state index >= 15 is 0 Å². The molecule has 1 spiro atoms. The molecule has 0 radical (unpaired) electrons. The van der Waals surface area contributed by atoms with Crippen LogP contribution in [-0.4, -0.2) is 31.0 Å². The first kappa shape index (κ1) is 18.9. The third-order valence-corrected chi connectivity index (χ3v) is 6.46. The van der Waals surface area contributed by atoms with E-state index in [0.29, 0.717) is 6.54 Å². The monoisotopic (exact) mass is 398 g/mol. The van der Waals surface area contributed by atoms with Crippen molar-refractivity contribution in [3.8, 4) is 5.75 Å². The van der Waals surface area contributed by atoms with Crippen molar-refractivity contribution in [3.05, 3.63) is 95.6 Å². The molecule has 1 atom stereocenters. The SMILES string of the molecule is COc1ccc(CN2CCC3(C2)C(=O)N(Cc2ccccc2)c2ccccc23)cc1. The summed E-state index contributed by atoms with van der Waals surface area (Å²) < 4.78 is 5.27. The number of nitrogens with zero attached hydrogens (tertiary/aromatic N) is 2. The van der Waals surface area contributed by atoms with E-state index in [0.717, 1.165) is 43.1 Å². The number of hydrogen-bond acceptors (Lipinski definition) is 3. The topological polar surface area (TPSA) is 32.8 Å². The van der Waals surface area contributed by atoms with Crippen LogP contribution in [0, 0.1) is 0 Å². The van der Waals surface area contributed by atoms with Gasteiger partial charge < -0.3 is 9.64 Å². The zero-order valence-corrected chi connectivity index (χ0v) is 17.3. The number of rotatable bonds is 5. The number of amides is 1. The van der Waals surface area contributed by atoms with Gasteiger partial charge in [-0.3, -0.25) is 9.69 Å². The fraction of sp³-hybridized carbons (Fsp3) is 0.269. The highest BCUT2D eigenvalue weighted by Gasteiger charge is 2.54. The Morgan fingerprint density at radius 3 is 2.33 bits per heavy atom. The second-order valence-electron chi connectivity index (χ2n) is 8.28. The van der Waals surface area contributed by atoms with E-state index in [1.54, 1.807) is 7.11 Å². The molecule has 0 saturated carbocycles. The molecule has 2 aliphatic rings. The molecule has 1 amide bonds. The molecular weight excluding hydrogens is 372 g/mol. The van der Waals surface area contributed by atoms with E-state index in [2.05, 4.69) is 47.4 Å². The Morgan fingerprint density at radius 1 is 0.867 bits per heavy atom. The summed E-state index contributed by atoms with van der Waals surface area (Å²) in [5.74, 6) is 1.11. The minimum Gasteiger partial charge on any atom is -0.497 e. The molecular formula is C26H26N2O2. The number of methoxy groups -OCH3 is 1. The van der Waals surface area contributed by atoms with Crippen LogP contribution in [0.15, 0.2) is 78.9 Å². The van der Waals surface area contributed by atoms with Crippen molar-refractivity contribution in [2.75, 3.05) is 25.1 Å². The molecule has 30 heavy (non-hydrogen) atoms. The van der Waals surface area contributed by atoms with Crippen molar-refractivity contribution >= 4 is 11.6 Å². The summed E-state index contributed by atoms with van der Waals surface area (Å²) in [6, 6.07) is 26.8.